The third kappa shape index (κ3) is 8.85. The van der Waals surface area contributed by atoms with Crippen molar-refractivity contribution in [2.75, 3.05) is 0 Å². The van der Waals surface area contributed by atoms with Gasteiger partial charge in [-0.25, -0.2) is 4.99 Å². The summed E-state index contributed by atoms with van der Waals surface area (Å²) in [7, 11) is 0. The van der Waals surface area contributed by atoms with Crippen molar-refractivity contribution in [3.63, 3.8) is 0 Å². The van der Waals surface area contributed by atoms with Gasteiger partial charge in [0.2, 0.25) is 0 Å². The van der Waals surface area contributed by atoms with Crippen LogP contribution >= 0.6 is 0 Å². The zero-order valence-electron chi connectivity index (χ0n) is 26.6. The Balaban J connectivity index is 1.73. The maximum absolute atomic E-state index is 9.69. The van der Waals surface area contributed by atoms with Gasteiger partial charge < -0.3 is 0 Å². The molecule has 4 heteroatoms. The van der Waals surface area contributed by atoms with Crippen LogP contribution in [-0.2, 0) is 13.0 Å². The van der Waals surface area contributed by atoms with Crippen LogP contribution in [0.15, 0.2) is 174 Å². The SMILES string of the molecule is C=C/C(=C/Cc1cc(C(N=C)=NCc2ccccc2-c2ccccc2C#N)ccc1-c1cccc(C#N)c1)C(=C)\C=C/C=C\C=C/C. The van der Waals surface area contributed by atoms with Gasteiger partial charge in [0.05, 0.1) is 29.8 Å². The van der Waals surface area contributed by atoms with Crippen molar-refractivity contribution >= 4 is 12.6 Å². The van der Waals surface area contributed by atoms with Gasteiger partial charge in [0.1, 0.15) is 0 Å². The number of hydrogen-bond acceptors (Lipinski definition) is 3. The molecule has 0 unspecified atom stereocenters. The van der Waals surface area contributed by atoms with E-state index in [9.17, 15) is 10.5 Å². The van der Waals surface area contributed by atoms with Gasteiger partial charge >= 0.3 is 0 Å². The molecule has 0 saturated heterocycles. The van der Waals surface area contributed by atoms with Crippen LogP contribution in [0.1, 0.15) is 34.7 Å². The van der Waals surface area contributed by atoms with Crippen LogP contribution in [0, 0.1) is 22.7 Å². The van der Waals surface area contributed by atoms with Crippen LogP contribution in [0.3, 0.4) is 0 Å². The van der Waals surface area contributed by atoms with Gasteiger partial charge in [0.15, 0.2) is 5.84 Å². The van der Waals surface area contributed by atoms with Crippen LogP contribution in [0.2, 0.25) is 0 Å². The van der Waals surface area contributed by atoms with Gasteiger partial charge in [-0.3, -0.25) is 4.99 Å². The Morgan fingerprint density at radius 1 is 0.787 bits per heavy atom. The van der Waals surface area contributed by atoms with E-state index in [0.717, 1.165) is 50.1 Å². The summed E-state index contributed by atoms with van der Waals surface area (Å²) in [5.41, 5.74) is 9.59. The van der Waals surface area contributed by atoms with E-state index < -0.39 is 0 Å². The minimum Gasteiger partial charge on any atom is -0.261 e. The first kappa shape index (κ1) is 33.5. The van der Waals surface area contributed by atoms with Crippen LogP contribution in [-0.4, -0.2) is 12.6 Å². The Morgan fingerprint density at radius 2 is 1.55 bits per heavy atom. The standard InChI is InChI=1S/C43H36N4/c1-5-7-8-9-10-16-32(3)34(6-2)23-24-36-28-37(25-26-40(36)35-20-15-17-33(27-35)29-44)43(46-4)47-31-39-19-12-14-22-42(39)41-21-13-11-18-38(41)30-45/h5-23,25-28H,2-4,24,31H2,1H3/b7-5-,9-8-,16-10-,34-23-,47-43?. The lowest BCUT2D eigenvalue weighted by Gasteiger charge is -2.13. The molecule has 0 N–H and O–H groups in total. The normalized spacial score (nSPS) is 11.9. The predicted molar refractivity (Wildman–Crippen MR) is 197 cm³/mol. The van der Waals surface area contributed by atoms with E-state index in [0.29, 0.717) is 29.9 Å². The highest BCUT2D eigenvalue weighted by Gasteiger charge is 2.12. The molecule has 47 heavy (non-hydrogen) atoms. The molecular formula is C43H36N4. The van der Waals surface area contributed by atoms with E-state index in [1.165, 1.54) is 0 Å². The molecular weight excluding hydrogens is 573 g/mol. The first-order valence-electron chi connectivity index (χ1n) is 15.2. The Bertz CT molecular complexity index is 2020. The van der Waals surface area contributed by atoms with Gasteiger partial charge in [0.25, 0.3) is 0 Å². The third-order valence-corrected chi connectivity index (χ3v) is 7.53. The first-order valence-corrected chi connectivity index (χ1v) is 15.2. The Hall–Kier alpha value is -6.36. The average Bonchev–Trinajstić information content (AvgIpc) is 3.12. The zero-order valence-corrected chi connectivity index (χ0v) is 26.6. The largest absolute Gasteiger partial charge is 0.261 e. The highest BCUT2D eigenvalue weighted by atomic mass is 14.9. The summed E-state index contributed by atoms with van der Waals surface area (Å²) >= 11 is 0. The van der Waals surface area contributed by atoms with Crippen LogP contribution in [0.5, 0.6) is 0 Å². The quantitative estimate of drug-likeness (QED) is 0.0912. The summed E-state index contributed by atoms with van der Waals surface area (Å²) in [6, 6.07) is 33.8. The lowest BCUT2D eigenvalue weighted by atomic mass is 9.93. The van der Waals surface area contributed by atoms with Gasteiger partial charge in [0, 0.05) is 5.56 Å². The highest BCUT2D eigenvalue weighted by Crippen LogP contribution is 2.30. The molecule has 4 rings (SSSR count). The molecule has 0 aliphatic heterocycles. The van der Waals surface area contributed by atoms with Crippen molar-refractivity contribution < 1.29 is 0 Å². The van der Waals surface area contributed by atoms with Crippen molar-refractivity contribution in [3.05, 3.63) is 192 Å². The number of nitriles is 2. The molecule has 0 saturated carbocycles. The van der Waals surface area contributed by atoms with Crippen molar-refractivity contribution in [2.24, 2.45) is 9.98 Å². The second-order valence-corrected chi connectivity index (χ2v) is 10.5. The molecule has 0 heterocycles. The van der Waals surface area contributed by atoms with Gasteiger partial charge in [-0.2, -0.15) is 10.5 Å². The van der Waals surface area contributed by atoms with Crippen LogP contribution in [0.25, 0.3) is 22.3 Å². The van der Waals surface area contributed by atoms with Crippen molar-refractivity contribution in [3.8, 4) is 34.4 Å². The maximum atomic E-state index is 9.69. The van der Waals surface area contributed by atoms with Gasteiger partial charge in [-0.05, 0) is 88.9 Å². The highest BCUT2D eigenvalue weighted by molar-refractivity contribution is 6.02. The Kier molecular flexibility index (Phi) is 12.3. The van der Waals surface area contributed by atoms with Crippen molar-refractivity contribution in [1.82, 2.24) is 0 Å². The fourth-order valence-electron chi connectivity index (χ4n) is 5.14. The van der Waals surface area contributed by atoms with Crippen molar-refractivity contribution in [2.45, 2.75) is 19.9 Å². The topological polar surface area (TPSA) is 72.3 Å². The monoisotopic (exact) mass is 608 g/mol. The van der Waals surface area contributed by atoms with E-state index in [-0.39, 0.29) is 0 Å². The van der Waals surface area contributed by atoms with E-state index in [4.69, 9.17) is 4.99 Å². The van der Waals surface area contributed by atoms with Crippen molar-refractivity contribution in [1.29, 1.82) is 10.5 Å². The summed E-state index contributed by atoms with van der Waals surface area (Å²) in [6.07, 6.45) is 16.3. The maximum Gasteiger partial charge on any atom is 0.154 e. The number of allylic oxidation sites excluding steroid dienone is 10. The number of nitrogens with zero attached hydrogens (tertiary/aromatic N) is 4. The summed E-state index contributed by atoms with van der Waals surface area (Å²) in [4.78, 5) is 9.20. The summed E-state index contributed by atoms with van der Waals surface area (Å²) in [5.74, 6) is 0.514. The van der Waals surface area contributed by atoms with Crippen LogP contribution < -0.4 is 0 Å². The zero-order chi connectivity index (χ0) is 33.4. The number of hydrogen-bond donors (Lipinski definition) is 0. The predicted octanol–water partition coefficient (Wildman–Crippen LogP) is 10.3. The molecule has 0 radical (unpaired) electrons. The van der Waals surface area contributed by atoms with Gasteiger partial charge in [-0.1, -0.05) is 128 Å². The fraction of sp³-hybridized carbons (Fsp3) is 0.0698. The molecule has 0 bridgehead atoms. The van der Waals surface area contributed by atoms with E-state index in [1.807, 2.05) is 128 Å². The number of benzene rings is 4. The summed E-state index contributed by atoms with van der Waals surface area (Å²) < 4.78 is 0. The second-order valence-electron chi connectivity index (χ2n) is 10.5. The molecule has 228 valence electrons. The second kappa shape index (κ2) is 17.2. The molecule has 4 aromatic carbocycles. The lowest BCUT2D eigenvalue weighted by Crippen LogP contribution is -2.01. The molecule has 0 fully saturated rings. The smallest absolute Gasteiger partial charge is 0.154 e. The summed E-state index contributed by atoms with van der Waals surface area (Å²) in [6.45, 7) is 14.4. The molecule has 0 atom stereocenters. The molecule has 0 aromatic heterocycles. The third-order valence-electron chi connectivity index (χ3n) is 7.53. The first-order chi connectivity index (χ1) is 23.0. The number of aliphatic imine (C=N–C) groups is 2. The summed E-state index contributed by atoms with van der Waals surface area (Å²) in [5, 5.41) is 19.2. The number of rotatable bonds is 12. The van der Waals surface area contributed by atoms with E-state index in [1.54, 1.807) is 6.07 Å². The minimum atomic E-state index is 0.362. The van der Waals surface area contributed by atoms with Crippen LogP contribution in [0.4, 0.5) is 0 Å². The molecule has 0 amide bonds. The molecule has 0 spiro atoms. The minimum absolute atomic E-state index is 0.362. The van der Waals surface area contributed by atoms with E-state index in [2.05, 4.69) is 49.1 Å². The lowest BCUT2D eigenvalue weighted by molar-refractivity contribution is 1.06. The molecule has 4 nitrogen and oxygen atoms in total. The number of amidine groups is 1. The average molecular weight is 609 g/mol. The molecule has 0 aliphatic rings. The Morgan fingerprint density at radius 3 is 2.30 bits per heavy atom. The molecule has 0 aliphatic carbocycles. The van der Waals surface area contributed by atoms with E-state index >= 15 is 0 Å². The van der Waals surface area contributed by atoms with Gasteiger partial charge in [-0.15, -0.1) is 0 Å². The fourth-order valence-corrected chi connectivity index (χ4v) is 5.14. The molecule has 4 aromatic rings. The Labute approximate surface area is 278 Å².